The molecule has 6 aliphatic heterocycles. The van der Waals surface area contributed by atoms with Gasteiger partial charge >= 0.3 is 103 Å². The molecular weight excluding hydrogens is 1530 g/mol. The first-order chi connectivity index (χ1) is 24.8. The first-order valence-electron chi connectivity index (χ1n) is 13.9. The van der Waals surface area contributed by atoms with Gasteiger partial charge in [-0.1, -0.05) is 85.2 Å². The van der Waals surface area contributed by atoms with Crippen molar-refractivity contribution in [1.82, 2.24) is 62.6 Å². The van der Waals surface area contributed by atoms with Crippen molar-refractivity contribution in [2.75, 3.05) is 0 Å². The number of nitrogens with one attached hydrogen (secondary N) is 6. The monoisotopic (exact) mass is 1560 g/mol. The number of thiocarbonyl (C=S) groups is 2. The molecule has 52 heavy (non-hydrogen) atoms. The van der Waals surface area contributed by atoms with E-state index in [1.54, 1.807) is 108 Å². The molecule has 0 spiro atoms. The number of hydrazone groups is 6. The number of nitrogens with zero attached hydrogens (tertiary/aromatic N) is 14. The maximum Gasteiger partial charge on any atom is 4.00 e. The molecule has 0 aromatic heterocycles. The molecule has 29 heteroatoms. The van der Waals surface area contributed by atoms with Gasteiger partial charge in [0.05, 0.1) is 38.0 Å². The van der Waals surface area contributed by atoms with Gasteiger partial charge in [-0.3, -0.25) is 0 Å². The van der Waals surface area contributed by atoms with Gasteiger partial charge in [0.2, 0.25) is 0 Å². The molecule has 6 heterocycles. The molecule has 0 aromatic rings. The van der Waals surface area contributed by atoms with Crippen molar-refractivity contribution in [3.05, 3.63) is 50.8 Å². The fourth-order valence-electron chi connectivity index (χ4n) is 2.07. The van der Waals surface area contributed by atoms with E-state index < -0.39 is 0 Å². The molecule has 20 nitrogen and oxygen atoms in total. The van der Waals surface area contributed by atoms with E-state index in [0.717, 1.165) is 0 Å². The molecule has 0 unspecified atom stereocenters. The summed E-state index contributed by atoms with van der Waals surface area (Å²) < 4.78 is 0. The molecule has 0 radical (unpaired) electrons. The first kappa shape index (κ1) is 60.5. The van der Waals surface area contributed by atoms with Crippen LogP contribution in [-0.2, 0) is 50.0 Å². The van der Waals surface area contributed by atoms with Gasteiger partial charge in [-0.2, -0.15) is 10.3 Å². The van der Waals surface area contributed by atoms with Crippen LogP contribution >= 0.6 is 77.6 Å². The van der Waals surface area contributed by atoms with E-state index in [9.17, 15) is 0 Å². The molecule has 0 bridgehead atoms. The van der Waals surface area contributed by atoms with Gasteiger partial charge in [0.25, 0.3) is 0 Å². The van der Waals surface area contributed by atoms with Crippen molar-refractivity contribution in [1.29, 1.82) is 0 Å². The van der Waals surface area contributed by atoms with Crippen LogP contribution in [0.4, 0.5) is 0 Å². The van der Waals surface area contributed by atoms with Crippen LogP contribution in [0.25, 0.3) is 10.8 Å². The van der Waals surface area contributed by atoms with Crippen molar-refractivity contribution in [2.45, 2.75) is 60.8 Å². The van der Waals surface area contributed by atoms with Gasteiger partial charge in [-0.05, 0) is 0 Å². The molecule has 0 saturated heterocycles. The van der Waals surface area contributed by atoms with Crippen molar-refractivity contribution >= 4 is 126 Å². The second-order valence-electron chi connectivity index (χ2n) is 7.69. The van der Waals surface area contributed by atoms with Crippen LogP contribution in [0, 0.1) is 40.0 Å². The summed E-state index contributed by atoms with van der Waals surface area (Å²) in [5.74, 6) is 0. The molecule has 0 saturated carbocycles. The van der Waals surface area contributed by atoms with Crippen molar-refractivity contribution in [3.8, 4) is 0 Å². The van der Waals surface area contributed by atoms with Crippen molar-refractivity contribution in [2.24, 2.45) is 30.6 Å². The molecule has 6 rings (SSSR count). The number of hydrazine groups is 3. The van der Waals surface area contributed by atoms with Crippen LogP contribution in [0.15, 0.2) is 30.6 Å². The second kappa shape index (κ2) is 52.3. The molecule has 0 amide bonds. The van der Waals surface area contributed by atoms with E-state index >= 15 is 0 Å². The Labute approximate surface area is 376 Å². The minimum absolute atomic E-state index is 0. The summed E-state index contributed by atoms with van der Waals surface area (Å²) in [6, 6.07) is 0. The van der Waals surface area contributed by atoms with Crippen LogP contribution in [0.5, 0.6) is 0 Å². The van der Waals surface area contributed by atoms with Gasteiger partial charge in [0.1, 0.15) is 0 Å². The fourth-order valence-corrected chi connectivity index (χ4v) is 2.07. The molecule has 6 N–H and O–H groups in total. The molecule has 0 aromatic carbocycles. The topological polar surface area (TPSA) is 210 Å². The summed E-state index contributed by atoms with van der Waals surface area (Å²) in [5.41, 5.74) is 16.0. The smallest absolute Gasteiger partial charge is 0.753 e. The summed E-state index contributed by atoms with van der Waals surface area (Å²) in [6.45, 7) is 23.0. The first-order valence-corrected chi connectivity index (χ1v) is 34.6. The Morgan fingerprint density at radius 1 is 0.481 bits per heavy atom. The van der Waals surface area contributed by atoms with E-state index in [0.29, 0.717) is 0 Å². The van der Waals surface area contributed by atoms with Crippen LogP contribution in [0.1, 0.15) is 60.8 Å². The van der Waals surface area contributed by atoms with Gasteiger partial charge in [0.15, 0.2) is 0 Å². The SMILES string of the molecule is C1=NN[CH-]N1N1C=NN[CH-]1.C1=NN[CH-]N1N1C=NN[CH-]1.C1=NN[CH-]N1N1C=NN[CH-]1.CCC.CCC.CCC.[Br][Pt+2][Br].[Br][Pt+2][Br].[N-]=C=S.[N-]=C=S.[Pt+4]. The Kier molecular flexibility index (Phi) is 60.8. The number of halogens is 4. The fraction of sp³-hybridized carbons (Fsp3) is 0.391. The van der Waals surface area contributed by atoms with Gasteiger partial charge in [0, 0.05) is 0 Å². The zero-order chi connectivity index (χ0) is 39.4. The van der Waals surface area contributed by atoms with Gasteiger partial charge in [-0.25, -0.2) is 30.6 Å². The summed E-state index contributed by atoms with van der Waals surface area (Å²) in [6.07, 6.45) is 13.6. The van der Waals surface area contributed by atoms with E-state index in [4.69, 9.17) is 10.8 Å². The Bertz CT molecular complexity index is 834. The Morgan fingerprint density at radius 2 is 0.577 bits per heavy atom. The van der Waals surface area contributed by atoms with Gasteiger partial charge in [-0.15, -0.1) is 40.0 Å². The number of isothiocyanates is 2. The quantitative estimate of drug-likeness (QED) is 0.118. The largest absolute Gasteiger partial charge is 4.00 e. The maximum absolute atomic E-state index is 7.13. The minimum Gasteiger partial charge on any atom is -0.753 e. The third-order valence-electron chi connectivity index (χ3n) is 3.44. The molecule has 0 aliphatic carbocycles. The Balaban J connectivity index is -0.000000168. The molecule has 6 aliphatic rings. The molecule has 0 fully saturated rings. The van der Waals surface area contributed by atoms with E-state index in [1.807, 2.05) is 0 Å². The summed E-state index contributed by atoms with van der Waals surface area (Å²) in [7, 11) is 0. The predicted molar refractivity (Wildman–Crippen MR) is 222 cm³/mol. The third-order valence-corrected chi connectivity index (χ3v) is 3.44. The molecule has 304 valence electrons. The number of hydrogen-bond acceptors (Lipinski definition) is 20. The van der Waals surface area contributed by atoms with Gasteiger partial charge < -0.3 is 73.4 Å². The zero-order valence-corrected chi connectivity index (χ0v) is 43.4. The normalized spacial score (nSPS) is 14.7. The van der Waals surface area contributed by atoms with Crippen molar-refractivity contribution < 1.29 is 50.0 Å². The summed E-state index contributed by atoms with van der Waals surface area (Å²) in [5, 5.41) is 49.9. The van der Waals surface area contributed by atoms with E-state index in [2.05, 4.69) is 182 Å². The Morgan fingerprint density at radius 3 is 0.635 bits per heavy atom. The number of rotatable bonds is 3. The maximum atomic E-state index is 7.13. The standard InChI is InChI=1S/3C4H6N6.3C3H8.2CNS.4BrH.3Pt/c3*1-5-6-2-9(1)10-3-7-8-4-10;3*1-3-2;2*2-1-3;;;;;;;/h3*1-5,7H;3*3H2,1-2H3;;;4*1H;;;/q3*-2;;;;2*-1;;;;;3*+4/p-4. The average Bonchev–Trinajstić information content (AvgIpc) is 3.96. The predicted octanol–water partition coefficient (Wildman–Crippen LogP) is 5.45. The summed E-state index contributed by atoms with van der Waals surface area (Å²) in [4.78, 5) is 0. The van der Waals surface area contributed by atoms with Crippen LogP contribution in [0.3, 0.4) is 0 Å². The zero-order valence-electron chi connectivity index (χ0n) is 28.6. The number of hydrogen-bond donors (Lipinski definition) is 6. The van der Waals surface area contributed by atoms with E-state index in [-0.39, 0.29) is 50.0 Å². The third kappa shape index (κ3) is 40.4. The minimum atomic E-state index is 0. The molecular formula is C23H42Br4N20Pt3S2. The molecule has 0 atom stereocenters. The van der Waals surface area contributed by atoms with Crippen molar-refractivity contribution in [3.63, 3.8) is 0 Å². The van der Waals surface area contributed by atoms with Crippen LogP contribution in [0.2, 0.25) is 0 Å². The average molecular weight is 1570 g/mol. The van der Waals surface area contributed by atoms with Crippen LogP contribution < -0.4 is 32.6 Å². The summed E-state index contributed by atoms with van der Waals surface area (Å²) >= 11 is 20.5. The second-order valence-corrected chi connectivity index (χ2v) is 27.9. The van der Waals surface area contributed by atoms with Crippen LogP contribution in [-0.4, -0.2) is 78.4 Å². The Hall–Kier alpha value is -0.795. The van der Waals surface area contributed by atoms with E-state index in [1.165, 1.54) is 29.6 Å².